The second kappa shape index (κ2) is 5.87. The number of benzene rings is 1. The van der Waals surface area contributed by atoms with Crippen LogP contribution in [-0.2, 0) is 16.0 Å². The van der Waals surface area contributed by atoms with Gasteiger partial charge < -0.3 is 14.7 Å². The smallest absolute Gasteiger partial charge is 0.223 e. The number of aromatic hydroxyl groups is 1. The van der Waals surface area contributed by atoms with E-state index in [-0.39, 0.29) is 11.7 Å². The molecule has 1 aromatic rings. The number of nitrogens with zero attached hydrogens (tertiary/aromatic N) is 1. The number of likely N-dealkylation sites (tertiary alicyclic amines) is 1. The van der Waals surface area contributed by atoms with Crippen molar-refractivity contribution in [2.75, 3.05) is 26.8 Å². The third-order valence-electron chi connectivity index (χ3n) is 3.32. The molecule has 1 heterocycles. The lowest BCUT2D eigenvalue weighted by Gasteiger charge is -2.15. The van der Waals surface area contributed by atoms with Gasteiger partial charge in [-0.15, -0.1) is 0 Å². The van der Waals surface area contributed by atoms with E-state index < -0.39 is 0 Å². The molecule has 1 atom stereocenters. The summed E-state index contributed by atoms with van der Waals surface area (Å²) >= 11 is 0. The van der Waals surface area contributed by atoms with Crippen molar-refractivity contribution in [1.29, 1.82) is 0 Å². The van der Waals surface area contributed by atoms with Gasteiger partial charge in [0.2, 0.25) is 5.91 Å². The molecule has 0 saturated carbocycles. The first-order chi connectivity index (χ1) is 8.69. The number of amides is 1. The fourth-order valence-corrected chi connectivity index (χ4v) is 2.37. The summed E-state index contributed by atoms with van der Waals surface area (Å²) in [6.45, 7) is 2.09. The van der Waals surface area contributed by atoms with Crippen LogP contribution in [0.3, 0.4) is 0 Å². The summed E-state index contributed by atoms with van der Waals surface area (Å²) in [5.41, 5.74) is 1.17. The first-order valence-electron chi connectivity index (χ1n) is 6.23. The average Bonchev–Trinajstić information content (AvgIpc) is 2.70. The average molecular weight is 249 g/mol. The molecule has 1 saturated heterocycles. The Kier molecular flexibility index (Phi) is 4.20. The molecular weight excluding hydrogens is 230 g/mol. The summed E-state index contributed by atoms with van der Waals surface area (Å²) in [6.07, 6.45) is 1.50. The number of methoxy groups -OCH3 is 1. The lowest BCUT2D eigenvalue weighted by Crippen LogP contribution is -2.28. The Morgan fingerprint density at radius 3 is 2.78 bits per heavy atom. The molecule has 1 amide bonds. The lowest BCUT2D eigenvalue weighted by molar-refractivity contribution is -0.128. The van der Waals surface area contributed by atoms with Crippen molar-refractivity contribution in [2.24, 2.45) is 5.92 Å². The number of rotatable bonds is 5. The molecule has 0 unspecified atom stereocenters. The summed E-state index contributed by atoms with van der Waals surface area (Å²) < 4.78 is 5.00. The van der Waals surface area contributed by atoms with Crippen LogP contribution < -0.4 is 0 Å². The van der Waals surface area contributed by atoms with Crippen molar-refractivity contribution in [1.82, 2.24) is 4.90 Å². The molecule has 0 spiro atoms. The summed E-state index contributed by atoms with van der Waals surface area (Å²) in [6, 6.07) is 7.21. The standard InChI is InChI=1S/C14H19NO3/c1-18-7-6-15-10-12(9-14(15)17)8-11-2-4-13(16)5-3-11/h2-5,12,16H,6-10H2,1H3/t12-/m1/s1. The maximum absolute atomic E-state index is 11.8. The van der Waals surface area contributed by atoms with Crippen molar-refractivity contribution in [3.8, 4) is 5.75 Å². The third kappa shape index (κ3) is 3.23. The molecular formula is C14H19NO3. The van der Waals surface area contributed by atoms with Crippen molar-refractivity contribution in [3.63, 3.8) is 0 Å². The number of carbonyl (C=O) groups is 1. The predicted molar refractivity (Wildman–Crippen MR) is 68.4 cm³/mol. The third-order valence-corrected chi connectivity index (χ3v) is 3.32. The Morgan fingerprint density at radius 1 is 1.39 bits per heavy atom. The first-order valence-corrected chi connectivity index (χ1v) is 6.23. The highest BCUT2D eigenvalue weighted by Gasteiger charge is 2.28. The normalized spacial score (nSPS) is 19.5. The molecule has 98 valence electrons. The maximum atomic E-state index is 11.8. The highest BCUT2D eigenvalue weighted by molar-refractivity contribution is 5.78. The minimum absolute atomic E-state index is 0.218. The van der Waals surface area contributed by atoms with Crippen LogP contribution in [0.5, 0.6) is 5.75 Å². The van der Waals surface area contributed by atoms with E-state index in [1.54, 1.807) is 19.2 Å². The van der Waals surface area contributed by atoms with E-state index in [4.69, 9.17) is 4.74 Å². The Morgan fingerprint density at radius 2 is 2.11 bits per heavy atom. The minimum Gasteiger partial charge on any atom is -0.508 e. The van der Waals surface area contributed by atoms with Gasteiger partial charge in [-0.05, 0) is 30.0 Å². The maximum Gasteiger partial charge on any atom is 0.223 e. The van der Waals surface area contributed by atoms with E-state index in [0.717, 1.165) is 13.0 Å². The monoisotopic (exact) mass is 249 g/mol. The summed E-state index contributed by atoms with van der Waals surface area (Å²) in [7, 11) is 1.65. The van der Waals surface area contributed by atoms with E-state index >= 15 is 0 Å². The summed E-state index contributed by atoms with van der Waals surface area (Å²) in [5.74, 6) is 0.873. The predicted octanol–water partition coefficient (Wildman–Crippen LogP) is 1.43. The molecule has 0 radical (unpaired) electrons. The zero-order chi connectivity index (χ0) is 13.0. The fraction of sp³-hybridized carbons (Fsp3) is 0.500. The minimum atomic E-state index is 0.218. The number of phenols is 1. The van der Waals surface area contributed by atoms with Gasteiger partial charge in [-0.3, -0.25) is 4.79 Å². The van der Waals surface area contributed by atoms with Crippen molar-refractivity contribution >= 4 is 5.91 Å². The molecule has 4 heteroatoms. The second-order valence-corrected chi connectivity index (χ2v) is 4.77. The van der Waals surface area contributed by atoms with Gasteiger partial charge in [0.05, 0.1) is 6.61 Å². The molecule has 1 aliphatic heterocycles. The van der Waals surface area contributed by atoms with Gasteiger partial charge in [-0.1, -0.05) is 12.1 Å². The topological polar surface area (TPSA) is 49.8 Å². The van der Waals surface area contributed by atoms with Crippen molar-refractivity contribution in [2.45, 2.75) is 12.8 Å². The van der Waals surface area contributed by atoms with Gasteiger partial charge in [-0.25, -0.2) is 0 Å². The van der Waals surface area contributed by atoms with Crippen LogP contribution in [0.25, 0.3) is 0 Å². The van der Waals surface area contributed by atoms with Crippen LogP contribution in [0.4, 0.5) is 0 Å². The van der Waals surface area contributed by atoms with Crippen molar-refractivity contribution < 1.29 is 14.6 Å². The van der Waals surface area contributed by atoms with E-state index in [0.29, 0.717) is 25.5 Å². The Bertz CT molecular complexity index is 402. The van der Waals surface area contributed by atoms with Crippen LogP contribution >= 0.6 is 0 Å². The van der Waals surface area contributed by atoms with E-state index in [2.05, 4.69) is 0 Å². The molecule has 2 rings (SSSR count). The Labute approximate surface area is 107 Å². The first kappa shape index (κ1) is 12.9. The molecule has 0 bridgehead atoms. The van der Waals surface area contributed by atoms with Gasteiger partial charge in [0, 0.05) is 26.6 Å². The van der Waals surface area contributed by atoms with Crippen LogP contribution in [0.1, 0.15) is 12.0 Å². The number of phenolic OH excluding ortho intramolecular Hbond substituents is 1. The molecule has 1 fully saturated rings. The van der Waals surface area contributed by atoms with Crippen LogP contribution in [0.15, 0.2) is 24.3 Å². The summed E-state index contributed by atoms with van der Waals surface area (Å²) in [5, 5.41) is 9.22. The zero-order valence-corrected chi connectivity index (χ0v) is 10.6. The Balaban J connectivity index is 1.88. The van der Waals surface area contributed by atoms with Gasteiger partial charge >= 0.3 is 0 Å². The van der Waals surface area contributed by atoms with Gasteiger partial charge in [0.25, 0.3) is 0 Å². The van der Waals surface area contributed by atoms with Gasteiger partial charge in [0.1, 0.15) is 5.75 Å². The highest BCUT2D eigenvalue weighted by atomic mass is 16.5. The van der Waals surface area contributed by atoms with Gasteiger partial charge in [-0.2, -0.15) is 0 Å². The number of carbonyl (C=O) groups excluding carboxylic acids is 1. The molecule has 1 aromatic carbocycles. The molecule has 1 aliphatic rings. The van der Waals surface area contributed by atoms with Gasteiger partial charge in [0.15, 0.2) is 0 Å². The van der Waals surface area contributed by atoms with Crippen LogP contribution in [0, 0.1) is 5.92 Å². The molecule has 4 nitrogen and oxygen atoms in total. The number of hydrogen-bond acceptors (Lipinski definition) is 3. The summed E-state index contributed by atoms with van der Waals surface area (Å²) in [4.78, 5) is 13.6. The van der Waals surface area contributed by atoms with Crippen LogP contribution in [-0.4, -0.2) is 42.7 Å². The molecule has 18 heavy (non-hydrogen) atoms. The number of ether oxygens (including phenoxy) is 1. The Hall–Kier alpha value is -1.55. The lowest BCUT2D eigenvalue weighted by atomic mass is 9.98. The molecule has 0 aromatic heterocycles. The quantitative estimate of drug-likeness (QED) is 0.858. The van der Waals surface area contributed by atoms with E-state index in [1.807, 2.05) is 17.0 Å². The van der Waals surface area contributed by atoms with E-state index in [1.165, 1.54) is 5.56 Å². The van der Waals surface area contributed by atoms with Crippen LogP contribution in [0.2, 0.25) is 0 Å². The molecule has 0 aliphatic carbocycles. The van der Waals surface area contributed by atoms with Crippen molar-refractivity contribution in [3.05, 3.63) is 29.8 Å². The largest absolute Gasteiger partial charge is 0.508 e. The fourth-order valence-electron chi connectivity index (χ4n) is 2.37. The SMILES string of the molecule is COCCN1C[C@H](Cc2ccc(O)cc2)CC1=O. The second-order valence-electron chi connectivity index (χ2n) is 4.77. The number of hydrogen-bond donors (Lipinski definition) is 1. The highest BCUT2D eigenvalue weighted by Crippen LogP contribution is 2.22. The zero-order valence-electron chi connectivity index (χ0n) is 10.6. The molecule has 1 N–H and O–H groups in total. The van der Waals surface area contributed by atoms with E-state index in [9.17, 15) is 9.90 Å².